The van der Waals surface area contributed by atoms with E-state index in [1.165, 1.54) is 0 Å². The zero-order valence-corrected chi connectivity index (χ0v) is 13.1. The van der Waals surface area contributed by atoms with Gasteiger partial charge in [-0.1, -0.05) is 35.5 Å². The summed E-state index contributed by atoms with van der Waals surface area (Å²) in [5.74, 6) is -0.123. The van der Waals surface area contributed by atoms with Gasteiger partial charge in [-0.05, 0) is 12.5 Å². The number of nitrogens with one attached hydrogen (secondary N) is 1. The van der Waals surface area contributed by atoms with E-state index in [1.807, 2.05) is 42.6 Å². The van der Waals surface area contributed by atoms with Gasteiger partial charge in [0.2, 0.25) is 6.10 Å². The lowest BCUT2D eigenvalue weighted by Crippen LogP contribution is -2.36. The number of carbonyl (C=O) groups excluding carboxylic acids is 1. The lowest BCUT2D eigenvalue weighted by atomic mass is 10.0. The van der Waals surface area contributed by atoms with Crippen LogP contribution in [0.5, 0.6) is 0 Å². The number of nitrogens with zero attached hydrogens (tertiary/aromatic N) is 2. The molecule has 1 aliphatic heterocycles. The van der Waals surface area contributed by atoms with E-state index in [0.29, 0.717) is 13.0 Å². The minimum Gasteiger partial charge on any atom is -0.382 e. The summed E-state index contributed by atoms with van der Waals surface area (Å²) < 4.78 is 0. The van der Waals surface area contributed by atoms with E-state index in [1.54, 1.807) is 11.3 Å². The Morgan fingerprint density at radius 2 is 2.23 bits per heavy atom. The number of thiazole rings is 1. The molecule has 1 aliphatic rings. The van der Waals surface area contributed by atoms with Crippen LogP contribution in [0.1, 0.15) is 22.7 Å². The van der Waals surface area contributed by atoms with Crippen molar-refractivity contribution < 1.29 is 9.63 Å². The molecule has 0 fully saturated rings. The van der Waals surface area contributed by atoms with Crippen LogP contribution in [0.25, 0.3) is 0 Å². The van der Waals surface area contributed by atoms with Gasteiger partial charge in [0.15, 0.2) is 0 Å². The van der Waals surface area contributed by atoms with E-state index in [2.05, 4.69) is 15.5 Å². The average Bonchev–Trinajstić information content (AvgIpc) is 3.17. The molecule has 0 bridgehead atoms. The number of rotatable bonds is 5. The van der Waals surface area contributed by atoms with Crippen LogP contribution in [0.4, 0.5) is 0 Å². The van der Waals surface area contributed by atoms with Crippen molar-refractivity contribution in [1.29, 1.82) is 0 Å². The van der Waals surface area contributed by atoms with Crippen molar-refractivity contribution in [2.45, 2.75) is 25.9 Å². The predicted octanol–water partition coefficient (Wildman–Crippen LogP) is 2.30. The minimum absolute atomic E-state index is 0.123. The molecule has 2 heterocycles. The monoisotopic (exact) mass is 315 g/mol. The molecule has 2 aromatic rings. The summed E-state index contributed by atoms with van der Waals surface area (Å²) in [5, 5.41) is 9.97. The number of aromatic nitrogens is 1. The number of carbonyl (C=O) groups is 1. The summed E-state index contributed by atoms with van der Waals surface area (Å²) in [6.07, 6.45) is 0.702. The Hall–Kier alpha value is -2.21. The SMILES string of the molecule is Cc1nc(CCNC(=O)[C@H]2CC(c3ccccc3)=NO2)cs1. The van der Waals surface area contributed by atoms with Gasteiger partial charge in [0.05, 0.1) is 16.4 Å². The summed E-state index contributed by atoms with van der Waals surface area (Å²) >= 11 is 1.62. The van der Waals surface area contributed by atoms with Crippen LogP contribution in [-0.4, -0.2) is 29.3 Å². The standard InChI is InChI=1S/C16H17N3O2S/c1-11-18-13(10-22-11)7-8-17-16(20)15-9-14(19-21-15)12-5-3-2-4-6-12/h2-6,10,15H,7-9H2,1H3,(H,17,20)/t15-/m1/s1. The Bertz CT molecular complexity index is 682. The fourth-order valence-electron chi connectivity index (χ4n) is 2.27. The van der Waals surface area contributed by atoms with Crippen molar-refractivity contribution in [3.8, 4) is 0 Å². The first-order valence-electron chi connectivity index (χ1n) is 7.19. The van der Waals surface area contributed by atoms with E-state index >= 15 is 0 Å². The van der Waals surface area contributed by atoms with Gasteiger partial charge in [-0.3, -0.25) is 4.79 Å². The highest BCUT2D eigenvalue weighted by Crippen LogP contribution is 2.16. The van der Waals surface area contributed by atoms with Gasteiger partial charge in [0.1, 0.15) is 0 Å². The summed E-state index contributed by atoms with van der Waals surface area (Å²) in [7, 11) is 0. The topological polar surface area (TPSA) is 63.6 Å². The van der Waals surface area contributed by atoms with Gasteiger partial charge >= 0.3 is 0 Å². The van der Waals surface area contributed by atoms with Crippen LogP contribution in [-0.2, 0) is 16.1 Å². The van der Waals surface area contributed by atoms with Crippen LogP contribution in [0.3, 0.4) is 0 Å². The highest BCUT2D eigenvalue weighted by Gasteiger charge is 2.28. The second-order valence-electron chi connectivity index (χ2n) is 5.10. The van der Waals surface area contributed by atoms with E-state index in [0.717, 1.165) is 28.4 Å². The Morgan fingerprint density at radius 3 is 2.95 bits per heavy atom. The van der Waals surface area contributed by atoms with Crippen molar-refractivity contribution in [3.05, 3.63) is 52.0 Å². The first-order chi connectivity index (χ1) is 10.7. The maximum absolute atomic E-state index is 12.1. The van der Waals surface area contributed by atoms with Crippen molar-refractivity contribution in [3.63, 3.8) is 0 Å². The second kappa shape index (κ2) is 6.70. The summed E-state index contributed by atoms with van der Waals surface area (Å²) in [5.41, 5.74) is 2.82. The molecular weight excluding hydrogens is 298 g/mol. The normalized spacial score (nSPS) is 17.0. The molecule has 114 valence electrons. The number of amides is 1. The maximum Gasteiger partial charge on any atom is 0.264 e. The largest absolute Gasteiger partial charge is 0.382 e. The molecule has 22 heavy (non-hydrogen) atoms. The molecule has 1 atom stereocenters. The Kier molecular flexibility index (Phi) is 4.48. The molecular formula is C16H17N3O2S. The summed E-state index contributed by atoms with van der Waals surface area (Å²) in [6, 6.07) is 9.77. The molecule has 0 aliphatic carbocycles. The number of oxime groups is 1. The average molecular weight is 315 g/mol. The highest BCUT2D eigenvalue weighted by molar-refractivity contribution is 7.09. The van der Waals surface area contributed by atoms with Gasteiger partial charge in [-0.2, -0.15) is 0 Å². The lowest BCUT2D eigenvalue weighted by molar-refractivity contribution is -0.131. The zero-order valence-electron chi connectivity index (χ0n) is 12.3. The molecule has 0 spiro atoms. The number of benzene rings is 1. The lowest BCUT2D eigenvalue weighted by Gasteiger charge is -2.08. The summed E-state index contributed by atoms with van der Waals surface area (Å²) in [4.78, 5) is 21.7. The van der Waals surface area contributed by atoms with E-state index < -0.39 is 6.10 Å². The quantitative estimate of drug-likeness (QED) is 0.921. The molecule has 3 rings (SSSR count). The number of aryl methyl sites for hydroxylation is 1. The molecule has 1 N–H and O–H groups in total. The predicted molar refractivity (Wildman–Crippen MR) is 86.0 cm³/mol. The second-order valence-corrected chi connectivity index (χ2v) is 6.16. The molecule has 1 aromatic heterocycles. The molecule has 5 nitrogen and oxygen atoms in total. The van der Waals surface area contributed by atoms with Gasteiger partial charge < -0.3 is 10.2 Å². The van der Waals surface area contributed by atoms with E-state index in [9.17, 15) is 4.79 Å². The Balaban J connectivity index is 1.46. The first kappa shape index (κ1) is 14.7. The highest BCUT2D eigenvalue weighted by atomic mass is 32.1. The molecule has 1 aromatic carbocycles. The Morgan fingerprint density at radius 1 is 1.41 bits per heavy atom. The fourth-order valence-corrected chi connectivity index (χ4v) is 2.92. The van der Waals surface area contributed by atoms with E-state index in [-0.39, 0.29) is 5.91 Å². The third-order valence-corrected chi connectivity index (χ3v) is 4.24. The van der Waals surface area contributed by atoms with Gasteiger partial charge in [0, 0.05) is 24.8 Å². The van der Waals surface area contributed by atoms with Crippen molar-refractivity contribution in [2.24, 2.45) is 5.16 Å². The molecule has 1 amide bonds. The summed E-state index contributed by atoms with van der Waals surface area (Å²) in [6.45, 7) is 2.53. The van der Waals surface area contributed by atoms with Gasteiger partial charge in [-0.25, -0.2) is 4.98 Å². The van der Waals surface area contributed by atoms with Crippen LogP contribution in [0, 0.1) is 6.92 Å². The van der Waals surface area contributed by atoms with Crippen LogP contribution < -0.4 is 5.32 Å². The zero-order chi connectivity index (χ0) is 15.4. The number of hydrogen-bond donors (Lipinski definition) is 1. The maximum atomic E-state index is 12.1. The van der Waals surface area contributed by atoms with Crippen molar-refractivity contribution >= 4 is 23.0 Å². The third-order valence-electron chi connectivity index (χ3n) is 3.42. The number of hydrogen-bond acceptors (Lipinski definition) is 5. The third kappa shape index (κ3) is 3.51. The van der Waals surface area contributed by atoms with Crippen LogP contribution in [0.2, 0.25) is 0 Å². The van der Waals surface area contributed by atoms with Gasteiger partial charge in [-0.15, -0.1) is 11.3 Å². The fraction of sp³-hybridized carbons (Fsp3) is 0.312. The molecule has 0 saturated carbocycles. The van der Waals surface area contributed by atoms with Gasteiger partial charge in [0.25, 0.3) is 5.91 Å². The molecule has 0 radical (unpaired) electrons. The van der Waals surface area contributed by atoms with Crippen molar-refractivity contribution in [1.82, 2.24) is 10.3 Å². The molecule has 6 heteroatoms. The molecule has 0 unspecified atom stereocenters. The first-order valence-corrected chi connectivity index (χ1v) is 8.07. The van der Waals surface area contributed by atoms with E-state index in [4.69, 9.17) is 4.84 Å². The van der Waals surface area contributed by atoms with Crippen LogP contribution >= 0.6 is 11.3 Å². The Labute approximate surface area is 133 Å². The smallest absolute Gasteiger partial charge is 0.264 e. The van der Waals surface area contributed by atoms with Crippen molar-refractivity contribution in [2.75, 3.05) is 6.54 Å². The molecule has 0 saturated heterocycles. The van der Waals surface area contributed by atoms with Crippen LogP contribution in [0.15, 0.2) is 40.9 Å². The minimum atomic E-state index is -0.535.